The minimum atomic E-state index is -0.405. The van der Waals surface area contributed by atoms with Gasteiger partial charge in [0.05, 0.1) is 6.54 Å². The van der Waals surface area contributed by atoms with Crippen molar-refractivity contribution in [1.29, 1.82) is 0 Å². The normalized spacial score (nSPS) is 21.1. The van der Waals surface area contributed by atoms with Crippen LogP contribution in [0.3, 0.4) is 0 Å². The number of rotatable bonds is 4. The summed E-state index contributed by atoms with van der Waals surface area (Å²) < 4.78 is 0. The van der Waals surface area contributed by atoms with Gasteiger partial charge in [0, 0.05) is 22.3 Å². The second-order valence-corrected chi connectivity index (χ2v) is 10.6. The molecule has 0 saturated carbocycles. The van der Waals surface area contributed by atoms with Gasteiger partial charge in [0.2, 0.25) is 0 Å². The highest BCUT2D eigenvalue weighted by Crippen LogP contribution is 2.45. The van der Waals surface area contributed by atoms with E-state index in [-0.39, 0.29) is 18.0 Å². The summed E-state index contributed by atoms with van der Waals surface area (Å²) in [5.41, 5.74) is 5.82. The fourth-order valence-corrected chi connectivity index (χ4v) is 5.52. The smallest absolute Gasteiger partial charge is 0.329 e. The Bertz CT molecular complexity index is 1130. The largest absolute Gasteiger partial charge is 0.364 e. The van der Waals surface area contributed by atoms with E-state index in [0.29, 0.717) is 22.7 Å². The van der Waals surface area contributed by atoms with E-state index < -0.39 is 6.03 Å². The topological polar surface area (TPSA) is 52.7 Å². The maximum Gasteiger partial charge on any atom is 0.329 e. The number of carbonyl (C=O) groups excluding carboxylic acids is 2. The SMILES string of the molecule is Cc1cc2c(cc1/C=C1\NC(=O)N(Cc3ccc(Cl)cc3)C1=O)[C@H](C)CC(C)(C)N2C(C)C. The zero-order valence-electron chi connectivity index (χ0n) is 20.2. The number of hydrogen-bond donors (Lipinski definition) is 1. The van der Waals surface area contributed by atoms with Crippen LogP contribution in [-0.2, 0) is 11.3 Å². The zero-order valence-corrected chi connectivity index (χ0v) is 21.0. The van der Waals surface area contributed by atoms with E-state index in [1.165, 1.54) is 16.2 Å². The van der Waals surface area contributed by atoms with Crippen molar-refractivity contribution in [3.8, 4) is 0 Å². The fourth-order valence-electron chi connectivity index (χ4n) is 5.39. The van der Waals surface area contributed by atoms with Gasteiger partial charge in [-0.15, -0.1) is 0 Å². The number of nitrogens with zero attached hydrogens (tertiary/aromatic N) is 2. The van der Waals surface area contributed by atoms with Crippen LogP contribution in [0.2, 0.25) is 5.02 Å². The quantitative estimate of drug-likeness (QED) is 0.429. The van der Waals surface area contributed by atoms with Crippen molar-refractivity contribution in [1.82, 2.24) is 10.2 Å². The first-order valence-corrected chi connectivity index (χ1v) is 11.9. The molecule has 1 atom stereocenters. The lowest BCUT2D eigenvalue weighted by Gasteiger charge is -2.50. The summed E-state index contributed by atoms with van der Waals surface area (Å²) in [5, 5.41) is 3.37. The number of fused-ring (bicyclic) bond motifs is 1. The van der Waals surface area contributed by atoms with Crippen LogP contribution in [0.1, 0.15) is 69.2 Å². The summed E-state index contributed by atoms with van der Waals surface area (Å²) in [4.78, 5) is 29.3. The molecule has 2 aliphatic rings. The van der Waals surface area contributed by atoms with Gasteiger partial charge in [0.25, 0.3) is 5.91 Å². The molecule has 5 nitrogen and oxygen atoms in total. The van der Waals surface area contributed by atoms with E-state index in [4.69, 9.17) is 11.6 Å². The first-order chi connectivity index (χ1) is 15.5. The first kappa shape index (κ1) is 23.4. The van der Waals surface area contributed by atoms with Crippen molar-refractivity contribution in [2.45, 2.75) is 72.0 Å². The number of benzene rings is 2. The predicted octanol–water partition coefficient (Wildman–Crippen LogP) is 6.24. The van der Waals surface area contributed by atoms with Crippen LogP contribution >= 0.6 is 11.6 Å². The van der Waals surface area contributed by atoms with E-state index >= 15 is 0 Å². The summed E-state index contributed by atoms with van der Waals surface area (Å²) in [7, 11) is 0. The Balaban J connectivity index is 1.66. The highest BCUT2D eigenvalue weighted by Gasteiger charge is 2.38. The van der Waals surface area contributed by atoms with E-state index in [2.05, 4.69) is 63.9 Å². The molecular weight excluding hydrogens is 434 g/mol. The molecule has 2 aliphatic heterocycles. The van der Waals surface area contributed by atoms with Gasteiger partial charge in [-0.05, 0) is 99.6 Å². The van der Waals surface area contributed by atoms with Crippen molar-refractivity contribution in [2.24, 2.45) is 0 Å². The number of aryl methyl sites for hydroxylation is 1. The molecule has 0 spiro atoms. The molecule has 0 aliphatic carbocycles. The molecule has 1 fully saturated rings. The van der Waals surface area contributed by atoms with Crippen LogP contribution in [0.25, 0.3) is 6.08 Å². The van der Waals surface area contributed by atoms with Crippen LogP contribution in [-0.4, -0.2) is 28.4 Å². The summed E-state index contributed by atoms with van der Waals surface area (Å²) in [6, 6.07) is 11.5. The summed E-state index contributed by atoms with van der Waals surface area (Å²) in [6.45, 7) is 13.6. The molecule has 1 saturated heterocycles. The summed E-state index contributed by atoms with van der Waals surface area (Å²) >= 11 is 5.94. The van der Waals surface area contributed by atoms with Gasteiger partial charge in [0.15, 0.2) is 0 Å². The van der Waals surface area contributed by atoms with Crippen LogP contribution in [0.4, 0.5) is 10.5 Å². The number of halogens is 1. The van der Waals surface area contributed by atoms with E-state index in [1.807, 2.05) is 18.2 Å². The van der Waals surface area contributed by atoms with Crippen LogP contribution in [0.5, 0.6) is 0 Å². The molecule has 2 heterocycles. The molecule has 174 valence electrons. The van der Waals surface area contributed by atoms with E-state index in [1.54, 1.807) is 12.1 Å². The molecule has 6 heteroatoms. The second kappa shape index (κ2) is 8.53. The van der Waals surface area contributed by atoms with Crippen molar-refractivity contribution < 1.29 is 9.59 Å². The maximum absolute atomic E-state index is 13.0. The molecule has 0 bridgehead atoms. The first-order valence-electron chi connectivity index (χ1n) is 11.5. The van der Waals surface area contributed by atoms with Crippen LogP contribution in [0, 0.1) is 6.92 Å². The number of carbonyl (C=O) groups is 2. The third kappa shape index (κ3) is 4.39. The zero-order chi connectivity index (χ0) is 24.1. The van der Waals surface area contributed by atoms with E-state index in [9.17, 15) is 9.59 Å². The van der Waals surface area contributed by atoms with Gasteiger partial charge >= 0.3 is 6.03 Å². The third-order valence-corrected chi connectivity index (χ3v) is 6.95. The van der Waals surface area contributed by atoms with Gasteiger partial charge in [-0.2, -0.15) is 0 Å². The van der Waals surface area contributed by atoms with Crippen molar-refractivity contribution in [2.75, 3.05) is 4.90 Å². The average Bonchev–Trinajstić information content (AvgIpc) is 2.97. The van der Waals surface area contributed by atoms with Crippen molar-refractivity contribution in [3.05, 3.63) is 69.4 Å². The Morgan fingerprint density at radius 3 is 2.48 bits per heavy atom. The van der Waals surface area contributed by atoms with Gasteiger partial charge in [-0.1, -0.05) is 30.7 Å². The molecule has 2 aromatic carbocycles. The Hall–Kier alpha value is -2.79. The lowest BCUT2D eigenvalue weighted by Crippen LogP contribution is -2.51. The molecule has 2 aromatic rings. The predicted molar refractivity (Wildman–Crippen MR) is 134 cm³/mol. The number of urea groups is 1. The molecule has 0 unspecified atom stereocenters. The number of nitrogens with one attached hydrogen (secondary N) is 1. The molecular formula is C27H32ClN3O2. The van der Waals surface area contributed by atoms with Crippen molar-refractivity contribution >= 4 is 35.3 Å². The molecule has 1 N–H and O–H groups in total. The van der Waals surface area contributed by atoms with Gasteiger partial charge in [-0.3, -0.25) is 9.69 Å². The van der Waals surface area contributed by atoms with Gasteiger partial charge < -0.3 is 10.2 Å². The fraction of sp³-hybridized carbons (Fsp3) is 0.407. The molecule has 0 radical (unpaired) electrons. The number of anilines is 1. The Labute approximate surface area is 201 Å². The molecule has 0 aromatic heterocycles. The molecule has 3 amide bonds. The monoisotopic (exact) mass is 465 g/mol. The highest BCUT2D eigenvalue weighted by atomic mass is 35.5. The average molecular weight is 466 g/mol. The van der Waals surface area contributed by atoms with E-state index in [0.717, 1.165) is 23.1 Å². The Kier molecular flexibility index (Phi) is 6.04. The number of hydrogen-bond acceptors (Lipinski definition) is 3. The summed E-state index contributed by atoms with van der Waals surface area (Å²) in [6.07, 6.45) is 2.87. The van der Waals surface area contributed by atoms with Crippen molar-refractivity contribution in [3.63, 3.8) is 0 Å². The lowest BCUT2D eigenvalue weighted by atomic mass is 9.78. The second-order valence-electron chi connectivity index (χ2n) is 10.2. The Morgan fingerprint density at radius 1 is 1.18 bits per heavy atom. The maximum atomic E-state index is 13.0. The van der Waals surface area contributed by atoms with Crippen LogP contribution in [0.15, 0.2) is 42.1 Å². The third-order valence-electron chi connectivity index (χ3n) is 6.70. The Morgan fingerprint density at radius 2 is 1.85 bits per heavy atom. The van der Waals surface area contributed by atoms with Gasteiger partial charge in [-0.25, -0.2) is 4.79 Å². The number of amides is 3. The standard InChI is InChI=1S/C27H32ClN3O2/c1-16(2)31-24-11-17(3)20(12-22(24)18(4)14-27(31,5)6)13-23-25(32)30(26(33)29-23)15-19-7-9-21(28)10-8-19/h7-13,16,18H,14-15H2,1-6H3,(H,29,33)/b23-13-/t18-/m1/s1. The molecule has 4 rings (SSSR count). The minimum absolute atomic E-state index is 0.0740. The minimum Gasteiger partial charge on any atom is -0.364 e. The number of imide groups is 1. The summed E-state index contributed by atoms with van der Waals surface area (Å²) in [5.74, 6) is 0.0862. The lowest BCUT2D eigenvalue weighted by molar-refractivity contribution is -0.123. The van der Waals surface area contributed by atoms with Crippen LogP contribution < -0.4 is 10.2 Å². The van der Waals surface area contributed by atoms with Gasteiger partial charge in [0.1, 0.15) is 5.70 Å². The molecule has 33 heavy (non-hydrogen) atoms. The highest BCUT2D eigenvalue weighted by molar-refractivity contribution is 6.30.